The third kappa shape index (κ3) is 3.79. The second kappa shape index (κ2) is 7.92. The minimum absolute atomic E-state index is 0.213. The minimum Gasteiger partial charge on any atom is -0.478 e. The number of carboxylic acid groups (broad SMARTS) is 1. The summed E-state index contributed by atoms with van der Waals surface area (Å²) in [6.07, 6.45) is 4.79. The lowest BCUT2D eigenvalue weighted by Crippen LogP contribution is -2.15. The largest absolute Gasteiger partial charge is 0.478 e. The molecule has 0 saturated carbocycles. The van der Waals surface area contributed by atoms with Crippen molar-refractivity contribution in [1.29, 1.82) is 0 Å². The van der Waals surface area contributed by atoms with Crippen LogP contribution < -0.4 is 4.74 Å². The molecule has 0 amide bonds. The van der Waals surface area contributed by atoms with Gasteiger partial charge in [0, 0.05) is 11.0 Å². The van der Waals surface area contributed by atoms with Crippen LogP contribution in [0.4, 0.5) is 0 Å². The molecule has 1 aliphatic rings. The van der Waals surface area contributed by atoms with Gasteiger partial charge in [0.15, 0.2) is 0 Å². The zero-order valence-corrected chi connectivity index (χ0v) is 16.2. The van der Waals surface area contributed by atoms with Crippen LogP contribution in [-0.4, -0.2) is 17.0 Å². The Morgan fingerprint density at radius 2 is 1.69 bits per heavy atom. The van der Waals surface area contributed by atoms with Gasteiger partial charge >= 0.3 is 11.9 Å². The molecular weight excluding hydrogens is 364 g/mol. The summed E-state index contributed by atoms with van der Waals surface area (Å²) in [4.78, 5) is 24.5. The van der Waals surface area contributed by atoms with E-state index >= 15 is 0 Å². The summed E-state index contributed by atoms with van der Waals surface area (Å²) >= 11 is 0. The van der Waals surface area contributed by atoms with Crippen LogP contribution in [0, 0.1) is 5.92 Å². The standard InChI is InChI=1S/C25H22O4/c1-16-7-4-10-18(15-16)25(28)29-22-14-6-9-17-8-5-13-20(23(17)22)19-11-2-3-12-21(19)24(26)27/h2-3,5-6,8-9,11-16H,4,7,10H2,1H3,(H,26,27). The van der Waals surface area contributed by atoms with E-state index < -0.39 is 5.97 Å². The van der Waals surface area contributed by atoms with Gasteiger partial charge in [-0.05, 0) is 53.8 Å². The molecule has 1 aliphatic carbocycles. The first-order chi connectivity index (χ1) is 14.0. The number of aromatic carboxylic acids is 1. The number of hydrogen-bond acceptors (Lipinski definition) is 3. The number of carboxylic acids is 1. The molecule has 29 heavy (non-hydrogen) atoms. The van der Waals surface area contributed by atoms with Gasteiger partial charge in [-0.1, -0.05) is 61.5 Å². The molecule has 4 heteroatoms. The second-order valence-electron chi connectivity index (χ2n) is 7.46. The van der Waals surface area contributed by atoms with Crippen molar-refractivity contribution in [3.05, 3.63) is 77.9 Å². The number of carbonyl (C=O) groups is 2. The Morgan fingerprint density at radius 3 is 2.45 bits per heavy atom. The van der Waals surface area contributed by atoms with E-state index in [1.165, 1.54) is 0 Å². The van der Waals surface area contributed by atoms with Crippen LogP contribution >= 0.6 is 0 Å². The number of benzene rings is 3. The first-order valence-corrected chi connectivity index (χ1v) is 9.82. The fraction of sp³-hybridized carbons (Fsp3) is 0.200. The van der Waals surface area contributed by atoms with Crippen molar-refractivity contribution in [2.75, 3.05) is 0 Å². The zero-order chi connectivity index (χ0) is 20.4. The number of fused-ring (bicyclic) bond motifs is 1. The molecule has 1 unspecified atom stereocenters. The Hall–Kier alpha value is -3.40. The maximum absolute atomic E-state index is 12.8. The van der Waals surface area contributed by atoms with E-state index in [0.717, 1.165) is 35.6 Å². The van der Waals surface area contributed by atoms with Crippen molar-refractivity contribution in [2.45, 2.75) is 26.2 Å². The number of carbonyl (C=O) groups excluding carboxylic acids is 1. The zero-order valence-electron chi connectivity index (χ0n) is 16.2. The van der Waals surface area contributed by atoms with Gasteiger partial charge in [-0.3, -0.25) is 0 Å². The summed E-state index contributed by atoms with van der Waals surface area (Å²) in [6, 6.07) is 18.1. The molecule has 4 rings (SSSR count). The highest BCUT2D eigenvalue weighted by Crippen LogP contribution is 2.37. The van der Waals surface area contributed by atoms with Gasteiger partial charge in [0.2, 0.25) is 0 Å². The molecule has 1 atom stereocenters. The second-order valence-corrected chi connectivity index (χ2v) is 7.46. The molecule has 1 N–H and O–H groups in total. The van der Waals surface area contributed by atoms with E-state index in [1.54, 1.807) is 24.3 Å². The summed E-state index contributed by atoms with van der Waals surface area (Å²) < 4.78 is 5.82. The van der Waals surface area contributed by atoms with Crippen LogP contribution in [0.1, 0.15) is 36.5 Å². The third-order valence-corrected chi connectivity index (χ3v) is 5.37. The molecule has 146 valence electrons. The lowest BCUT2D eigenvalue weighted by atomic mass is 9.92. The number of allylic oxidation sites excluding steroid dienone is 1. The van der Waals surface area contributed by atoms with Crippen molar-refractivity contribution in [3.63, 3.8) is 0 Å². The van der Waals surface area contributed by atoms with Crippen LogP contribution in [0.5, 0.6) is 5.75 Å². The molecule has 0 aliphatic heterocycles. The van der Waals surface area contributed by atoms with Gasteiger partial charge in [0.1, 0.15) is 5.75 Å². The maximum atomic E-state index is 12.8. The van der Waals surface area contributed by atoms with Crippen LogP contribution in [-0.2, 0) is 4.79 Å². The van der Waals surface area contributed by atoms with E-state index in [4.69, 9.17) is 4.74 Å². The Morgan fingerprint density at radius 1 is 0.966 bits per heavy atom. The highest BCUT2D eigenvalue weighted by atomic mass is 16.5. The quantitative estimate of drug-likeness (QED) is 0.451. The summed E-state index contributed by atoms with van der Waals surface area (Å²) in [5, 5.41) is 11.2. The number of rotatable bonds is 4. The molecule has 4 nitrogen and oxygen atoms in total. The predicted molar refractivity (Wildman–Crippen MR) is 113 cm³/mol. The molecule has 0 bridgehead atoms. The molecule has 0 radical (unpaired) electrons. The lowest BCUT2D eigenvalue weighted by Gasteiger charge is -2.18. The number of ether oxygens (including phenoxy) is 1. The smallest absolute Gasteiger partial charge is 0.339 e. The topological polar surface area (TPSA) is 63.6 Å². The summed E-state index contributed by atoms with van der Waals surface area (Å²) in [5.41, 5.74) is 2.25. The van der Waals surface area contributed by atoms with Crippen molar-refractivity contribution in [3.8, 4) is 16.9 Å². The summed E-state index contributed by atoms with van der Waals surface area (Å²) in [5.74, 6) is -0.502. The predicted octanol–water partition coefficient (Wildman–Crippen LogP) is 5.86. The normalized spacial score (nSPS) is 16.3. The Labute approximate surface area is 169 Å². The van der Waals surface area contributed by atoms with Crippen molar-refractivity contribution >= 4 is 22.7 Å². The average molecular weight is 386 g/mol. The number of esters is 1. The van der Waals surface area contributed by atoms with Crippen molar-refractivity contribution in [2.24, 2.45) is 5.92 Å². The third-order valence-electron chi connectivity index (χ3n) is 5.37. The van der Waals surface area contributed by atoms with E-state index in [0.29, 0.717) is 22.8 Å². The highest BCUT2D eigenvalue weighted by Gasteiger charge is 2.20. The van der Waals surface area contributed by atoms with E-state index in [-0.39, 0.29) is 11.5 Å². The lowest BCUT2D eigenvalue weighted by molar-refractivity contribution is -0.130. The molecular formula is C25H22O4. The van der Waals surface area contributed by atoms with Crippen LogP contribution in [0.2, 0.25) is 0 Å². The number of hydrogen-bond donors (Lipinski definition) is 1. The Balaban J connectivity index is 1.83. The Kier molecular flexibility index (Phi) is 5.17. The molecule has 0 fully saturated rings. The fourth-order valence-electron chi connectivity index (χ4n) is 3.98. The molecule has 0 saturated heterocycles. The highest BCUT2D eigenvalue weighted by molar-refractivity contribution is 6.07. The fourth-order valence-corrected chi connectivity index (χ4v) is 3.98. The molecule has 0 heterocycles. The molecule has 3 aromatic rings. The van der Waals surface area contributed by atoms with Gasteiger partial charge in [0.25, 0.3) is 0 Å². The first kappa shape index (κ1) is 18.9. The first-order valence-electron chi connectivity index (χ1n) is 9.82. The molecule has 0 aromatic heterocycles. The van der Waals surface area contributed by atoms with E-state index in [2.05, 4.69) is 6.92 Å². The SMILES string of the molecule is CC1C=C(C(=O)Oc2cccc3cccc(-c4ccccc4C(=O)O)c23)CCC1. The Bertz CT molecular complexity index is 1120. The van der Waals surface area contributed by atoms with Gasteiger partial charge in [0.05, 0.1) is 5.56 Å². The molecule has 3 aromatic carbocycles. The van der Waals surface area contributed by atoms with E-state index in [9.17, 15) is 14.7 Å². The average Bonchev–Trinajstić information content (AvgIpc) is 2.73. The van der Waals surface area contributed by atoms with E-state index in [1.807, 2.05) is 42.5 Å². The monoisotopic (exact) mass is 386 g/mol. The maximum Gasteiger partial charge on any atom is 0.339 e. The van der Waals surface area contributed by atoms with Crippen LogP contribution in [0.3, 0.4) is 0 Å². The van der Waals surface area contributed by atoms with Gasteiger partial charge in [-0.15, -0.1) is 0 Å². The van der Waals surface area contributed by atoms with Crippen LogP contribution in [0.25, 0.3) is 21.9 Å². The molecule has 0 spiro atoms. The van der Waals surface area contributed by atoms with Gasteiger partial charge in [-0.2, -0.15) is 0 Å². The van der Waals surface area contributed by atoms with Crippen molar-refractivity contribution < 1.29 is 19.4 Å². The summed E-state index contributed by atoms with van der Waals surface area (Å²) in [6.45, 7) is 2.10. The van der Waals surface area contributed by atoms with Gasteiger partial charge in [-0.25, -0.2) is 9.59 Å². The van der Waals surface area contributed by atoms with Crippen molar-refractivity contribution in [1.82, 2.24) is 0 Å². The minimum atomic E-state index is -0.992. The van der Waals surface area contributed by atoms with Crippen LogP contribution in [0.15, 0.2) is 72.3 Å². The van der Waals surface area contributed by atoms with Gasteiger partial charge < -0.3 is 9.84 Å². The summed E-state index contributed by atoms with van der Waals surface area (Å²) in [7, 11) is 0.